The van der Waals surface area contributed by atoms with E-state index in [9.17, 15) is 0 Å². The summed E-state index contributed by atoms with van der Waals surface area (Å²) in [6.45, 7) is 13.8. The SMILES string of the molecule is CCC(C)(C)OC(CNC(C)(C)C)c1ccccc1. The molecule has 0 saturated heterocycles. The Kier molecular flexibility index (Phi) is 5.57. The van der Waals surface area contributed by atoms with Gasteiger partial charge in [0.2, 0.25) is 0 Å². The van der Waals surface area contributed by atoms with Gasteiger partial charge in [-0.2, -0.15) is 0 Å². The average Bonchev–Trinajstić information content (AvgIpc) is 2.34. The first-order chi connectivity index (χ1) is 8.73. The Hall–Kier alpha value is -0.860. The summed E-state index contributed by atoms with van der Waals surface area (Å²) in [6, 6.07) is 10.5. The molecule has 0 aliphatic carbocycles. The third-order valence-corrected chi connectivity index (χ3v) is 3.30. The van der Waals surface area contributed by atoms with Crippen molar-refractivity contribution in [3.8, 4) is 0 Å². The van der Waals surface area contributed by atoms with Crippen LogP contribution in [0.1, 0.15) is 59.6 Å². The maximum absolute atomic E-state index is 6.31. The van der Waals surface area contributed by atoms with Gasteiger partial charge >= 0.3 is 0 Å². The van der Waals surface area contributed by atoms with Gasteiger partial charge in [-0.25, -0.2) is 0 Å². The fraction of sp³-hybridized carbons (Fsp3) is 0.647. The molecule has 1 aromatic carbocycles. The molecule has 1 rings (SSSR count). The molecule has 0 aliphatic heterocycles. The van der Waals surface area contributed by atoms with Crippen LogP contribution in [0.4, 0.5) is 0 Å². The van der Waals surface area contributed by atoms with Crippen LogP contribution in [0.25, 0.3) is 0 Å². The lowest BCUT2D eigenvalue weighted by atomic mass is 10.0. The monoisotopic (exact) mass is 263 g/mol. The van der Waals surface area contributed by atoms with E-state index in [1.807, 2.05) is 6.07 Å². The lowest BCUT2D eigenvalue weighted by Gasteiger charge is -2.32. The average molecular weight is 263 g/mol. The minimum absolute atomic E-state index is 0.0929. The van der Waals surface area contributed by atoms with Crippen LogP contribution in [0.3, 0.4) is 0 Å². The number of nitrogens with one attached hydrogen (secondary N) is 1. The fourth-order valence-electron chi connectivity index (χ4n) is 1.76. The Morgan fingerprint density at radius 2 is 1.63 bits per heavy atom. The van der Waals surface area contributed by atoms with Gasteiger partial charge in [0.25, 0.3) is 0 Å². The number of ether oxygens (including phenoxy) is 1. The number of hydrogen-bond donors (Lipinski definition) is 1. The molecule has 0 bridgehead atoms. The molecule has 0 amide bonds. The number of rotatable bonds is 6. The van der Waals surface area contributed by atoms with Gasteiger partial charge < -0.3 is 10.1 Å². The first-order valence-corrected chi connectivity index (χ1v) is 7.21. The quantitative estimate of drug-likeness (QED) is 0.825. The minimum atomic E-state index is -0.0972. The highest BCUT2D eigenvalue weighted by molar-refractivity contribution is 5.18. The van der Waals surface area contributed by atoms with Crippen LogP contribution in [-0.4, -0.2) is 17.7 Å². The van der Waals surface area contributed by atoms with Crippen LogP contribution < -0.4 is 5.32 Å². The van der Waals surface area contributed by atoms with Crippen LogP contribution in [0.2, 0.25) is 0 Å². The second-order valence-electron chi connectivity index (χ2n) is 6.76. The largest absolute Gasteiger partial charge is 0.366 e. The van der Waals surface area contributed by atoms with Gasteiger partial charge in [-0.1, -0.05) is 37.3 Å². The molecule has 0 radical (unpaired) electrons. The molecule has 2 nitrogen and oxygen atoms in total. The molecule has 1 N–H and O–H groups in total. The molecule has 0 fully saturated rings. The topological polar surface area (TPSA) is 21.3 Å². The third kappa shape index (κ3) is 6.22. The van der Waals surface area contributed by atoms with Gasteiger partial charge in [0.1, 0.15) is 0 Å². The molecule has 0 saturated carbocycles. The van der Waals surface area contributed by atoms with E-state index in [-0.39, 0.29) is 17.2 Å². The summed E-state index contributed by atoms with van der Waals surface area (Å²) >= 11 is 0. The fourth-order valence-corrected chi connectivity index (χ4v) is 1.76. The van der Waals surface area contributed by atoms with Crippen LogP contribution in [-0.2, 0) is 4.74 Å². The van der Waals surface area contributed by atoms with Crippen molar-refractivity contribution in [1.29, 1.82) is 0 Å². The highest BCUT2D eigenvalue weighted by Crippen LogP contribution is 2.26. The molecule has 0 aromatic heterocycles. The standard InChI is InChI=1S/C17H29NO/c1-7-17(5,6)19-15(13-18-16(2,3)4)14-11-9-8-10-12-14/h8-12,15,18H,7,13H2,1-6H3. The van der Waals surface area contributed by atoms with Crippen molar-refractivity contribution >= 4 is 0 Å². The Bertz CT molecular complexity index is 365. The van der Waals surface area contributed by atoms with Crippen LogP contribution in [0.15, 0.2) is 30.3 Å². The zero-order chi connectivity index (χ0) is 14.5. The molecule has 1 unspecified atom stereocenters. The summed E-state index contributed by atoms with van der Waals surface area (Å²) in [7, 11) is 0. The van der Waals surface area contributed by atoms with Crippen LogP contribution in [0.5, 0.6) is 0 Å². The summed E-state index contributed by atoms with van der Waals surface area (Å²) in [5.41, 5.74) is 1.24. The summed E-state index contributed by atoms with van der Waals surface area (Å²) in [6.07, 6.45) is 1.10. The zero-order valence-electron chi connectivity index (χ0n) is 13.3. The maximum atomic E-state index is 6.31. The van der Waals surface area contributed by atoms with Gasteiger partial charge in [0, 0.05) is 12.1 Å². The summed E-state index contributed by atoms with van der Waals surface area (Å²) in [5, 5.41) is 3.54. The van der Waals surface area contributed by atoms with E-state index in [4.69, 9.17) is 4.74 Å². The van der Waals surface area contributed by atoms with Crippen LogP contribution in [0, 0.1) is 0 Å². The summed E-state index contributed by atoms with van der Waals surface area (Å²) in [5.74, 6) is 0. The van der Waals surface area contributed by atoms with E-state index in [1.165, 1.54) is 5.56 Å². The van der Waals surface area contributed by atoms with Crippen molar-refractivity contribution in [3.05, 3.63) is 35.9 Å². The highest BCUT2D eigenvalue weighted by atomic mass is 16.5. The van der Waals surface area contributed by atoms with Gasteiger partial charge in [-0.15, -0.1) is 0 Å². The predicted molar refractivity (Wildman–Crippen MR) is 82.4 cm³/mol. The van der Waals surface area contributed by atoms with E-state index in [0.29, 0.717) is 0 Å². The molecule has 2 heteroatoms. The molecule has 1 atom stereocenters. The van der Waals surface area contributed by atoms with Gasteiger partial charge in [-0.3, -0.25) is 0 Å². The lowest BCUT2D eigenvalue weighted by molar-refractivity contribution is -0.0760. The number of hydrogen-bond acceptors (Lipinski definition) is 2. The third-order valence-electron chi connectivity index (χ3n) is 3.30. The maximum Gasteiger partial charge on any atom is 0.0956 e. The Morgan fingerprint density at radius 1 is 1.05 bits per heavy atom. The van der Waals surface area contributed by atoms with Gasteiger partial charge in [0.15, 0.2) is 0 Å². The van der Waals surface area contributed by atoms with E-state index in [0.717, 1.165) is 13.0 Å². The smallest absolute Gasteiger partial charge is 0.0956 e. The van der Waals surface area contributed by atoms with E-state index >= 15 is 0 Å². The lowest BCUT2D eigenvalue weighted by Crippen LogP contribution is -2.40. The van der Waals surface area contributed by atoms with E-state index in [2.05, 4.69) is 71.1 Å². The van der Waals surface area contributed by atoms with E-state index < -0.39 is 0 Å². The van der Waals surface area contributed by atoms with Crippen molar-refractivity contribution < 1.29 is 4.74 Å². The van der Waals surface area contributed by atoms with Gasteiger partial charge in [0.05, 0.1) is 11.7 Å². The Balaban J connectivity index is 2.80. The summed E-state index contributed by atoms with van der Waals surface area (Å²) in [4.78, 5) is 0. The zero-order valence-corrected chi connectivity index (χ0v) is 13.3. The van der Waals surface area contributed by atoms with Crippen LogP contribution >= 0.6 is 0 Å². The van der Waals surface area contributed by atoms with E-state index in [1.54, 1.807) is 0 Å². The molecule has 108 valence electrons. The first kappa shape index (κ1) is 16.2. The molecule has 0 heterocycles. The Labute approximate surface area is 118 Å². The first-order valence-electron chi connectivity index (χ1n) is 7.21. The van der Waals surface area contributed by atoms with Gasteiger partial charge in [-0.05, 0) is 46.6 Å². The molecular weight excluding hydrogens is 234 g/mol. The predicted octanol–water partition coefficient (Wildman–Crippen LogP) is 4.32. The Morgan fingerprint density at radius 3 is 2.11 bits per heavy atom. The summed E-state index contributed by atoms with van der Waals surface area (Å²) < 4.78 is 6.31. The van der Waals surface area contributed by atoms with Crippen molar-refractivity contribution in [2.45, 2.75) is 65.2 Å². The second kappa shape index (κ2) is 6.53. The molecule has 0 aliphatic rings. The van der Waals surface area contributed by atoms with Crippen molar-refractivity contribution in [2.75, 3.05) is 6.54 Å². The van der Waals surface area contributed by atoms with Crippen molar-refractivity contribution in [2.24, 2.45) is 0 Å². The molecule has 19 heavy (non-hydrogen) atoms. The molecule has 0 spiro atoms. The molecular formula is C17H29NO. The number of benzene rings is 1. The van der Waals surface area contributed by atoms with Crippen molar-refractivity contribution in [3.63, 3.8) is 0 Å². The molecule has 1 aromatic rings. The second-order valence-corrected chi connectivity index (χ2v) is 6.76. The normalized spacial score (nSPS) is 14.4. The van der Waals surface area contributed by atoms with Crippen molar-refractivity contribution in [1.82, 2.24) is 5.32 Å². The minimum Gasteiger partial charge on any atom is -0.366 e. The highest BCUT2D eigenvalue weighted by Gasteiger charge is 2.24.